The topological polar surface area (TPSA) is 51.6 Å². The Kier molecular flexibility index (Phi) is 2.97. The van der Waals surface area contributed by atoms with E-state index < -0.39 is 0 Å². The molecule has 0 N–H and O–H groups in total. The highest BCUT2D eigenvalue weighted by molar-refractivity contribution is 8.01. The van der Waals surface area contributed by atoms with Crippen LogP contribution < -0.4 is 0 Å². The molecular formula is C12H10N4S2. The van der Waals surface area contributed by atoms with Crippen LogP contribution in [0.15, 0.2) is 33.9 Å². The molecule has 0 saturated heterocycles. The summed E-state index contributed by atoms with van der Waals surface area (Å²) in [6.07, 6.45) is 1.60. The largest absolute Gasteiger partial charge is 0.236 e. The average molecular weight is 274 g/mol. The van der Waals surface area contributed by atoms with E-state index in [4.69, 9.17) is 0 Å². The number of benzene rings is 1. The second-order valence-corrected chi connectivity index (χ2v) is 6.26. The van der Waals surface area contributed by atoms with Crippen LogP contribution in [0.25, 0.3) is 10.9 Å². The van der Waals surface area contributed by atoms with E-state index in [0.29, 0.717) is 0 Å². The van der Waals surface area contributed by atoms with Gasteiger partial charge in [-0.1, -0.05) is 29.5 Å². The van der Waals surface area contributed by atoms with E-state index in [-0.39, 0.29) is 0 Å². The summed E-state index contributed by atoms with van der Waals surface area (Å²) in [6, 6.07) is 6.12. The van der Waals surface area contributed by atoms with Crippen LogP contribution in [-0.2, 0) is 0 Å². The number of rotatable bonds is 2. The van der Waals surface area contributed by atoms with Crippen LogP contribution >= 0.6 is 23.1 Å². The first-order chi connectivity index (χ1) is 8.74. The van der Waals surface area contributed by atoms with Gasteiger partial charge in [0.15, 0.2) is 4.34 Å². The lowest BCUT2D eigenvalue weighted by molar-refractivity contribution is 0.980. The highest BCUT2D eigenvalue weighted by atomic mass is 32.2. The number of nitrogens with zero attached hydrogens (tertiary/aromatic N) is 4. The minimum absolute atomic E-state index is 0.911. The Bertz CT molecular complexity index is 708. The number of fused-ring (bicyclic) bond motifs is 1. The van der Waals surface area contributed by atoms with Crippen molar-refractivity contribution in [2.75, 3.05) is 0 Å². The van der Waals surface area contributed by atoms with Crippen LogP contribution in [0.3, 0.4) is 0 Å². The summed E-state index contributed by atoms with van der Waals surface area (Å²) in [4.78, 5) is 8.67. The molecule has 0 unspecified atom stereocenters. The maximum atomic E-state index is 4.34. The Hall–Kier alpha value is -1.53. The third kappa shape index (κ3) is 2.09. The van der Waals surface area contributed by atoms with Gasteiger partial charge in [0, 0.05) is 5.39 Å². The molecule has 6 heteroatoms. The molecule has 18 heavy (non-hydrogen) atoms. The maximum absolute atomic E-state index is 4.34. The molecule has 2 heterocycles. The van der Waals surface area contributed by atoms with Crippen molar-refractivity contribution in [3.8, 4) is 0 Å². The summed E-state index contributed by atoms with van der Waals surface area (Å²) < 4.78 is 0.911. The van der Waals surface area contributed by atoms with Crippen LogP contribution in [0.5, 0.6) is 0 Å². The van der Waals surface area contributed by atoms with E-state index in [2.05, 4.69) is 33.2 Å². The van der Waals surface area contributed by atoms with Crippen LogP contribution in [0, 0.1) is 13.8 Å². The third-order valence-electron chi connectivity index (χ3n) is 2.52. The Morgan fingerprint density at radius 2 is 2.00 bits per heavy atom. The van der Waals surface area contributed by atoms with Crippen molar-refractivity contribution in [3.05, 3.63) is 35.1 Å². The Morgan fingerprint density at radius 1 is 1.11 bits per heavy atom. The van der Waals surface area contributed by atoms with Crippen molar-refractivity contribution in [2.24, 2.45) is 0 Å². The molecule has 0 atom stereocenters. The Balaban J connectivity index is 2.09. The fraction of sp³-hybridized carbons (Fsp3) is 0.167. The first-order valence-corrected chi connectivity index (χ1v) is 7.05. The van der Waals surface area contributed by atoms with E-state index in [1.165, 1.54) is 0 Å². The molecule has 90 valence electrons. The van der Waals surface area contributed by atoms with Crippen molar-refractivity contribution >= 4 is 34.0 Å². The minimum Gasteiger partial charge on any atom is -0.236 e. The smallest absolute Gasteiger partial charge is 0.180 e. The molecule has 3 aromatic rings. The minimum atomic E-state index is 0.911. The molecule has 3 rings (SSSR count). The lowest BCUT2D eigenvalue weighted by Gasteiger charge is -2.04. The highest BCUT2D eigenvalue weighted by Gasteiger charge is 2.09. The second-order valence-electron chi connectivity index (χ2n) is 3.84. The number of hydrogen-bond acceptors (Lipinski definition) is 6. The SMILES string of the molecule is Cc1nnc(Sc2ncnc3c(C)cccc23)s1. The molecule has 0 spiro atoms. The van der Waals surface area contributed by atoms with Gasteiger partial charge in [0.05, 0.1) is 5.52 Å². The first-order valence-electron chi connectivity index (χ1n) is 5.42. The fourth-order valence-corrected chi connectivity index (χ4v) is 3.50. The second kappa shape index (κ2) is 4.62. The molecule has 0 aliphatic carbocycles. The van der Waals surface area contributed by atoms with E-state index >= 15 is 0 Å². The lowest BCUT2D eigenvalue weighted by atomic mass is 10.1. The van der Waals surface area contributed by atoms with Gasteiger partial charge in [-0.25, -0.2) is 9.97 Å². The van der Waals surface area contributed by atoms with Crippen LogP contribution in [-0.4, -0.2) is 20.2 Å². The quantitative estimate of drug-likeness (QED) is 0.671. The van der Waals surface area contributed by atoms with Crippen molar-refractivity contribution in [1.29, 1.82) is 0 Å². The summed E-state index contributed by atoms with van der Waals surface area (Å²) in [5.74, 6) is 0. The van der Waals surface area contributed by atoms with Gasteiger partial charge >= 0.3 is 0 Å². The molecule has 1 aromatic carbocycles. The molecular weight excluding hydrogens is 264 g/mol. The summed E-state index contributed by atoms with van der Waals surface area (Å²) >= 11 is 3.12. The van der Waals surface area contributed by atoms with E-state index in [9.17, 15) is 0 Å². The predicted octanol–water partition coefficient (Wildman–Crippen LogP) is 3.25. The summed E-state index contributed by atoms with van der Waals surface area (Å²) in [6.45, 7) is 4.00. The van der Waals surface area contributed by atoms with Crippen molar-refractivity contribution in [1.82, 2.24) is 20.2 Å². The average Bonchev–Trinajstić information content (AvgIpc) is 2.76. The molecule has 4 nitrogen and oxygen atoms in total. The van der Waals surface area contributed by atoms with Crippen molar-refractivity contribution in [3.63, 3.8) is 0 Å². The molecule has 0 radical (unpaired) electrons. The van der Waals surface area contributed by atoms with Crippen LogP contribution in [0.2, 0.25) is 0 Å². The Morgan fingerprint density at radius 3 is 2.78 bits per heavy atom. The van der Waals surface area contributed by atoms with E-state index in [0.717, 1.165) is 30.8 Å². The number of para-hydroxylation sites is 1. The molecule has 0 bridgehead atoms. The van der Waals surface area contributed by atoms with Crippen LogP contribution in [0.1, 0.15) is 10.6 Å². The number of hydrogen-bond donors (Lipinski definition) is 0. The molecule has 0 saturated carbocycles. The molecule has 2 aromatic heterocycles. The number of aromatic nitrogens is 4. The van der Waals surface area contributed by atoms with Gasteiger partial charge in [-0.3, -0.25) is 0 Å². The summed E-state index contributed by atoms with van der Waals surface area (Å²) in [7, 11) is 0. The van der Waals surface area contributed by atoms with E-state index in [1.54, 1.807) is 29.4 Å². The summed E-state index contributed by atoms with van der Waals surface area (Å²) in [5, 5.41) is 11.1. The zero-order chi connectivity index (χ0) is 12.5. The standard InChI is InChI=1S/C12H10N4S2/c1-7-4-3-5-9-10(7)13-6-14-11(9)18-12-16-15-8(2)17-12/h3-6H,1-2H3. The first kappa shape index (κ1) is 11.6. The van der Waals surface area contributed by atoms with Gasteiger partial charge in [0.2, 0.25) is 0 Å². The zero-order valence-electron chi connectivity index (χ0n) is 9.91. The molecule has 0 aliphatic rings. The lowest BCUT2D eigenvalue weighted by Crippen LogP contribution is -1.88. The van der Waals surface area contributed by atoms with E-state index in [1.807, 2.05) is 19.1 Å². The van der Waals surface area contributed by atoms with Gasteiger partial charge in [0.1, 0.15) is 16.4 Å². The van der Waals surface area contributed by atoms with Crippen LogP contribution in [0.4, 0.5) is 0 Å². The zero-order valence-corrected chi connectivity index (χ0v) is 11.5. The van der Waals surface area contributed by atoms with Gasteiger partial charge in [-0.2, -0.15) is 0 Å². The summed E-state index contributed by atoms with van der Waals surface area (Å²) in [5.41, 5.74) is 2.15. The van der Waals surface area contributed by atoms with Gasteiger partial charge in [0.25, 0.3) is 0 Å². The van der Waals surface area contributed by atoms with Gasteiger partial charge < -0.3 is 0 Å². The Labute approximate surface area is 113 Å². The molecule has 0 amide bonds. The van der Waals surface area contributed by atoms with Gasteiger partial charge in [-0.15, -0.1) is 10.2 Å². The van der Waals surface area contributed by atoms with Crippen molar-refractivity contribution in [2.45, 2.75) is 23.2 Å². The fourth-order valence-electron chi connectivity index (χ4n) is 1.70. The maximum Gasteiger partial charge on any atom is 0.180 e. The van der Waals surface area contributed by atoms with Crippen molar-refractivity contribution < 1.29 is 0 Å². The molecule has 0 fully saturated rings. The predicted molar refractivity (Wildman–Crippen MR) is 73.0 cm³/mol. The third-order valence-corrected chi connectivity index (χ3v) is 4.43. The normalized spacial score (nSPS) is 11.0. The number of aryl methyl sites for hydroxylation is 2. The monoisotopic (exact) mass is 274 g/mol. The van der Waals surface area contributed by atoms with Gasteiger partial charge in [-0.05, 0) is 31.2 Å². The molecule has 0 aliphatic heterocycles. The highest BCUT2D eigenvalue weighted by Crippen LogP contribution is 2.33.